The van der Waals surface area contributed by atoms with Crippen LogP contribution >= 0.6 is 0 Å². The zero-order valence-corrected chi connectivity index (χ0v) is 12.1. The van der Waals surface area contributed by atoms with Crippen LogP contribution in [0, 0.1) is 36.0 Å². The molecule has 102 valence electrons. The number of aromatic nitrogens is 2. The first-order valence-electron chi connectivity index (χ1n) is 7.25. The molecule has 1 aromatic rings. The van der Waals surface area contributed by atoms with E-state index in [-0.39, 0.29) is 0 Å². The summed E-state index contributed by atoms with van der Waals surface area (Å²) in [5.41, 5.74) is 1.56. The van der Waals surface area contributed by atoms with Gasteiger partial charge in [0.25, 0.3) is 0 Å². The van der Waals surface area contributed by atoms with Gasteiger partial charge in [0.15, 0.2) is 0 Å². The molecule has 2 fully saturated rings. The normalized spacial score (nSPS) is 28.6. The van der Waals surface area contributed by atoms with Crippen LogP contribution in [0.25, 0.3) is 0 Å². The van der Waals surface area contributed by atoms with E-state index in [1.54, 1.807) is 0 Å². The highest BCUT2D eigenvalue weighted by Gasteiger charge is 2.40. The van der Waals surface area contributed by atoms with Crippen molar-refractivity contribution >= 4 is 5.82 Å². The molecule has 2 saturated carbocycles. The van der Waals surface area contributed by atoms with Gasteiger partial charge < -0.3 is 4.90 Å². The summed E-state index contributed by atoms with van der Waals surface area (Å²) < 4.78 is 1.85. The lowest BCUT2D eigenvalue weighted by molar-refractivity contribution is 0.336. The number of anilines is 1. The van der Waals surface area contributed by atoms with Crippen molar-refractivity contribution in [2.75, 3.05) is 18.5 Å². The van der Waals surface area contributed by atoms with E-state index >= 15 is 0 Å². The van der Waals surface area contributed by atoms with Crippen LogP contribution in [0.15, 0.2) is 0 Å². The Balaban J connectivity index is 1.78. The molecule has 0 amide bonds. The molecule has 19 heavy (non-hydrogen) atoms. The first kappa shape index (κ1) is 12.5. The Bertz CT molecular complexity index is 525. The molecule has 3 atom stereocenters. The predicted octanol–water partition coefficient (Wildman–Crippen LogP) is 2.47. The minimum atomic E-state index is 0.730. The maximum atomic E-state index is 9.30. The Morgan fingerprint density at radius 1 is 1.42 bits per heavy atom. The summed E-state index contributed by atoms with van der Waals surface area (Å²) in [4.78, 5) is 2.24. The molecule has 4 heteroatoms. The number of nitriles is 1. The molecule has 0 radical (unpaired) electrons. The number of hydrogen-bond donors (Lipinski definition) is 0. The average Bonchev–Trinajstić information content (AvgIpc) is 3.02. The van der Waals surface area contributed by atoms with Gasteiger partial charge in [0.1, 0.15) is 17.5 Å². The van der Waals surface area contributed by atoms with E-state index in [4.69, 9.17) is 0 Å². The van der Waals surface area contributed by atoms with Crippen LogP contribution in [0.4, 0.5) is 5.82 Å². The number of aryl methyl sites for hydroxylation is 2. The van der Waals surface area contributed by atoms with Crippen molar-refractivity contribution in [3.63, 3.8) is 0 Å². The summed E-state index contributed by atoms with van der Waals surface area (Å²) in [5.74, 6) is 3.69. The molecular weight excluding hydrogens is 236 g/mol. The van der Waals surface area contributed by atoms with Crippen LogP contribution in [0.2, 0.25) is 0 Å². The second-order valence-corrected chi connectivity index (χ2v) is 6.33. The first-order valence-corrected chi connectivity index (χ1v) is 7.25. The third-order valence-corrected chi connectivity index (χ3v) is 5.06. The van der Waals surface area contributed by atoms with Crippen LogP contribution in [-0.4, -0.2) is 23.4 Å². The highest BCUT2D eigenvalue weighted by Crippen LogP contribution is 2.48. The van der Waals surface area contributed by atoms with E-state index in [1.807, 2.05) is 18.7 Å². The van der Waals surface area contributed by atoms with Crippen molar-refractivity contribution in [1.82, 2.24) is 9.78 Å². The molecule has 2 aliphatic rings. The standard InChI is InChI=1S/C15H22N4/c1-10-14(8-16)15(19(3)17-10)18(2)9-13-7-11-4-5-12(13)6-11/h11-13H,4-7,9H2,1-3H3. The summed E-state index contributed by atoms with van der Waals surface area (Å²) >= 11 is 0. The Morgan fingerprint density at radius 2 is 2.21 bits per heavy atom. The lowest BCUT2D eigenvalue weighted by Gasteiger charge is -2.28. The molecule has 1 heterocycles. The molecule has 0 saturated heterocycles. The number of rotatable bonds is 3. The van der Waals surface area contributed by atoms with Crippen molar-refractivity contribution in [3.8, 4) is 6.07 Å². The summed E-state index contributed by atoms with van der Waals surface area (Å²) in [6, 6.07) is 2.30. The zero-order chi connectivity index (χ0) is 13.6. The summed E-state index contributed by atoms with van der Waals surface area (Å²) in [6.45, 7) is 2.97. The van der Waals surface area contributed by atoms with Gasteiger partial charge >= 0.3 is 0 Å². The van der Waals surface area contributed by atoms with Gasteiger partial charge in [-0.3, -0.25) is 4.68 Å². The minimum absolute atomic E-state index is 0.730. The maximum Gasteiger partial charge on any atom is 0.144 e. The third-order valence-electron chi connectivity index (χ3n) is 5.06. The zero-order valence-electron chi connectivity index (χ0n) is 12.1. The fourth-order valence-electron chi connectivity index (χ4n) is 4.25. The average molecular weight is 258 g/mol. The molecule has 0 aliphatic heterocycles. The molecule has 3 rings (SSSR count). The molecule has 1 aromatic heterocycles. The maximum absolute atomic E-state index is 9.30. The summed E-state index contributed by atoms with van der Waals surface area (Å²) in [7, 11) is 4.03. The fraction of sp³-hybridized carbons (Fsp3) is 0.733. The van der Waals surface area contributed by atoms with Crippen LogP contribution in [0.3, 0.4) is 0 Å². The third kappa shape index (κ3) is 2.01. The molecule has 0 N–H and O–H groups in total. The van der Waals surface area contributed by atoms with Crippen molar-refractivity contribution in [1.29, 1.82) is 5.26 Å². The van der Waals surface area contributed by atoms with E-state index in [2.05, 4.69) is 23.1 Å². The van der Waals surface area contributed by atoms with E-state index in [0.29, 0.717) is 0 Å². The largest absolute Gasteiger partial charge is 0.358 e. The fourth-order valence-corrected chi connectivity index (χ4v) is 4.25. The summed E-state index contributed by atoms with van der Waals surface area (Å²) in [6.07, 6.45) is 5.68. The van der Waals surface area contributed by atoms with Gasteiger partial charge in [0.2, 0.25) is 0 Å². The molecule has 2 aliphatic carbocycles. The SMILES string of the molecule is Cc1nn(C)c(N(C)CC2CC3CCC2C3)c1C#N. The van der Waals surface area contributed by atoms with Crippen LogP contribution in [0.1, 0.15) is 36.9 Å². The highest BCUT2D eigenvalue weighted by atomic mass is 15.4. The topological polar surface area (TPSA) is 44.9 Å². The Morgan fingerprint density at radius 3 is 2.79 bits per heavy atom. The molecule has 0 aromatic carbocycles. The van der Waals surface area contributed by atoms with Crippen molar-refractivity contribution in [2.24, 2.45) is 24.8 Å². The van der Waals surface area contributed by atoms with Gasteiger partial charge in [-0.15, -0.1) is 0 Å². The second-order valence-electron chi connectivity index (χ2n) is 6.33. The van der Waals surface area contributed by atoms with Gasteiger partial charge in [-0.05, 0) is 43.9 Å². The Kier molecular flexibility index (Phi) is 3.00. The Labute approximate surface area is 115 Å². The lowest BCUT2D eigenvalue weighted by Crippen LogP contribution is -2.30. The van der Waals surface area contributed by atoms with Crippen LogP contribution in [0.5, 0.6) is 0 Å². The molecule has 3 unspecified atom stereocenters. The van der Waals surface area contributed by atoms with Crippen molar-refractivity contribution in [2.45, 2.75) is 32.6 Å². The van der Waals surface area contributed by atoms with E-state index in [1.165, 1.54) is 25.7 Å². The number of fused-ring (bicyclic) bond motifs is 2. The van der Waals surface area contributed by atoms with E-state index < -0.39 is 0 Å². The number of hydrogen-bond acceptors (Lipinski definition) is 3. The van der Waals surface area contributed by atoms with Crippen LogP contribution in [-0.2, 0) is 7.05 Å². The smallest absolute Gasteiger partial charge is 0.144 e. The minimum Gasteiger partial charge on any atom is -0.358 e. The predicted molar refractivity (Wildman–Crippen MR) is 74.9 cm³/mol. The molecule has 4 nitrogen and oxygen atoms in total. The van der Waals surface area contributed by atoms with Crippen molar-refractivity contribution in [3.05, 3.63) is 11.3 Å². The summed E-state index contributed by atoms with van der Waals surface area (Å²) in [5, 5.41) is 13.7. The van der Waals surface area contributed by atoms with E-state index in [0.717, 1.165) is 41.4 Å². The van der Waals surface area contributed by atoms with Gasteiger partial charge in [0.05, 0.1) is 5.69 Å². The number of nitrogens with zero attached hydrogens (tertiary/aromatic N) is 4. The molecular formula is C15H22N4. The van der Waals surface area contributed by atoms with Gasteiger partial charge in [-0.25, -0.2) is 0 Å². The lowest BCUT2D eigenvalue weighted by atomic mass is 9.88. The van der Waals surface area contributed by atoms with Crippen LogP contribution < -0.4 is 4.90 Å². The Hall–Kier alpha value is -1.50. The van der Waals surface area contributed by atoms with E-state index in [9.17, 15) is 5.26 Å². The molecule has 0 spiro atoms. The van der Waals surface area contributed by atoms with Gasteiger partial charge in [-0.2, -0.15) is 10.4 Å². The first-order chi connectivity index (χ1) is 9.10. The highest BCUT2D eigenvalue weighted by molar-refractivity contribution is 5.56. The monoisotopic (exact) mass is 258 g/mol. The quantitative estimate of drug-likeness (QED) is 0.836. The second kappa shape index (κ2) is 4.56. The van der Waals surface area contributed by atoms with Gasteiger partial charge in [0, 0.05) is 20.6 Å². The molecule has 2 bridgehead atoms. The van der Waals surface area contributed by atoms with Crippen molar-refractivity contribution < 1.29 is 0 Å². The van der Waals surface area contributed by atoms with Gasteiger partial charge in [-0.1, -0.05) is 6.42 Å².